The van der Waals surface area contributed by atoms with Crippen molar-refractivity contribution in [1.82, 2.24) is 0 Å². The molecule has 2 saturated carbocycles. The number of hydrogen-bond donors (Lipinski definition) is 3. The SMILES string of the molecule is CC(=O)O[C@H]1[C@@H](O)[C@@H](O)[C@@H]2[C@@H]3CCc4cc(O)ccc4[C@@H]3CC[C@@]21C. The maximum Gasteiger partial charge on any atom is 0.303 e. The first-order valence-electron chi connectivity index (χ1n) is 9.18. The molecule has 0 saturated heterocycles. The van der Waals surface area contributed by atoms with Gasteiger partial charge in [0.2, 0.25) is 0 Å². The van der Waals surface area contributed by atoms with Gasteiger partial charge < -0.3 is 20.1 Å². The lowest BCUT2D eigenvalue weighted by Gasteiger charge is -2.50. The molecule has 3 aliphatic carbocycles. The van der Waals surface area contributed by atoms with Crippen molar-refractivity contribution < 1.29 is 24.9 Å². The number of aromatic hydroxyl groups is 1. The molecule has 0 heterocycles. The van der Waals surface area contributed by atoms with Crippen molar-refractivity contribution in [2.45, 2.75) is 63.8 Å². The highest BCUT2D eigenvalue weighted by atomic mass is 16.6. The molecule has 0 radical (unpaired) electrons. The minimum absolute atomic E-state index is 0.0902. The molecule has 3 N–H and O–H groups in total. The van der Waals surface area contributed by atoms with Gasteiger partial charge in [-0.2, -0.15) is 0 Å². The highest BCUT2D eigenvalue weighted by molar-refractivity contribution is 5.66. The maximum atomic E-state index is 11.5. The number of phenols is 1. The number of ether oxygens (including phenoxy) is 1. The Labute approximate surface area is 147 Å². The van der Waals surface area contributed by atoms with Gasteiger partial charge in [-0.15, -0.1) is 0 Å². The molecule has 5 heteroatoms. The smallest absolute Gasteiger partial charge is 0.303 e. The van der Waals surface area contributed by atoms with E-state index in [-0.39, 0.29) is 11.8 Å². The van der Waals surface area contributed by atoms with Crippen LogP contribution in [0.15, 0.2) is 18.2 Å². The van der Waals surface area contributed by atoms with Gasteiger partial charge in [-0.1, -0.05) is 13.0 Å². The van der Waals surface area contributed by atoms with E-state index < -0.39 is 29.7 Å². The van der Waals surface area contributed by atoms with Crippen molar-refractivity contribution in [2.75, 3.05) is 0 Å². The van der Waals surface area contributed by atoms with Gasteiger partial charge in [-0.25, -0.2) is 0 Å². The molecule has 0 amide bonds. The zero-order valence-electron chi connectivity index (χ0n) is 14.7. The summed E-state index contributed by atoms with van der Waals surface area (Å²) in [6.45, 7) is 3.40. The molecule has 0 spiro atoms. The van der Waals surface area contributed by atoms with E-state index in [0.29, 0.717) is 11.7 Å². The Kier molecular flexibility index (Phi) is 3.85. The number of benzene rings is 1. The molecular formula is C20H26O5. The van der Waals surface area contributed by atoms with Crippen molar-refractivity contribution in [1.29, 1.82) is 0 Å². The van der Waals surface area contributed by atoms with Crippen molar-refractivity contribution in [3.05, 3.63) is 29.3 Å². The lowest BCUT2D eigenvalue weighted by Crippen LogP contribution is -2.47. The van der Waals surface area contributed by atoms with E-state index in [4.69, 9.17) is 4.74 Å². The normalized spacial score (nSPS) is 42.2. The van der Waals surface area contributed by atoms with E-state index in [9.17, 15) is 20.1 Å². The molecule has 1 aromatic carbocycles. The Morgan fingerprint density at radius 2 is 2.00 bits per heavy atom. The summed E-state index contributed by atoms with van der Waals surface area (Å²) >= 11 is 0. The second-order valence-electron chi connectivity index (χ2n) is 8.27. The van der Waals surface area contributed by atoms with E-state index >= 15 is 0 Å². The average Bonchev–Trinajstić information content (AvgIpc) is 2.75. The Morgan fingerprint density at radius 3 is 2.72 bits per heavy atom. The fourth-order valence-electron chi connectivity index (χ4n) is 5.99. The predicted octanol–water partition coefficient (Wildman–Crippen LogP) is 2.12. The van der Waals surface area contributed by atoms with E-state index in [2.05, 4.69) is 0 Å². The second kappa shape index (κ2) is 5.71. The lowest BCUT2D eigenvalue weighted by molar-refractivity contribution is -0.161. The third kappa shape index (κ3) is 2.40. The molecule has 2 fully saturated rings. The van der Waals surface area contributed by atoms with Crippen LogP contribution in [-0.4, -0.2) is 39.6 Å². The van der Waals surface area contributed by atoms with Crippen LogP contribution in [-0.2, 0) is 16.0 Å². The van der Waals surface area contributed by atoms with Gasteiger partial charge in [-0.05, 0) is 66.7 Å². The highest BCUT2D eigenvalue weighted by Crippen LogP contribution is 2.61. The van der Waals surface area contributed by atoms with Crippen LogP contribution in [0.2, 0.25) is 0 Å². The van der Waals surface area contributed by atoms with E-state index in [0.717, 1.165) is 25.7 Å². The highest BCUT2D eigenvalue weighted by Gasteiger charge is 2.64. The number of carbonyl (C=O) groups excluding carboxylic acids is 1. The van der Waals surface area contributed by atoms with Crippen LogP contribution >= 0.6 is 0 Å². The summed E-state index contributed by atoms with van der Waals surface area (Å²) in [6.07, 6.45) is 0.959. The molecule has 3 aliphatic rings. The van der Waals surface area contributed by atoms with Crippen LogP contribution in [0.3, 0.4) is 0 Å². The van der Waals surface area contributed by atoms with E-state index in [1.807, 2.05) is 19.1 Å². The Bertz CT molecular complexity index is 701. The minimum atomic E-state index is -1.03. The van der Waals surface area contributed by atoms with Crippen LogP contribution in [0.4, 0.5) is 0 Å². The van der Waals surface area contributed by atoms with Crippen molar-refractivity contribution in [3.63, 3.8) is 0 Å². The van der Waals surface area contributed by atoms with Crippen LogP contribution < -0.4 is 0 Å². The summed E-state index contributed by atoms with van der Waals surface area (Å²) in [5, 5.41) is 31.1. The molecule has 25 heavy (non-hydrogen) atoms. The maximum absolute atomic E-state index is 11.5. The van der Waals surface area contributed by atoms with Gasteiger partial charge in [-0.3, -0.25) is 4.79 Å². The van der Waals surface area contributed by atoms with Crippen molar-refractivity contribution in [3.8, 4) is 5.75 Å². The Morgan fingerprint density at radius 1 is 1.24 bits per heavy atom. The number of esters is 1. The van der Waals surface area contributed by atoms with Crippen LogP contribution in [0.1, 0.15) is 50.2 Å². The fraction of sp³-hybridized carbons (Fsp3) is 0.650. The standard InChI is InChI=1S/C20H26O5/c1-10(21)25-19-18(24)17(23)16-15-5-3-11-9-12(22)4-6-13(11)14(15)7-8-20(16,19)2/h4,6,9,14-19,22-24H,3,5,7-8H2,1-2H3/t14-,15+,16-,17-,18-,19-,20-/m0/s1. The number of carbonyl (C=O) groups is 1. The number of phenolic OH excluding ortho intramolecular Hbond substituents is 1. The van der Waals surface area contributed by atoms with Gasteiger partial charge >= 0.3 is 5.97 Å². The van der Waals surface area contributed by atoms with Gasteiger partial charge in [0.25, 0.3) is 0 Å². The minimum Gasteiger partial charge on any atom is -0.508 e. The predicted molar refractivity (Wildman–Crippen MR) is 91.1 cm³/mol. The first-order valence-corrected chi connectivity index (χ1v) is 9.18. The molecule has 7 atom stereocenters. The quantitative estimate of drug-likeness (QED) is 0.678. The third-order valence-corrected chi connectivity index (χ3v) is 6.98. The number of aliphatic hydroxyl groups is 2. The topological polar surface area (TPSA) is 87.0 Å². The number of rotatable bonds is 1. The summed E-state index contributed by atoms with van der Waals surface area (Å²) in [6, 6.07) is 5.59. The third-order valence-electron chi connectivity index (χ3n) is 6.98. The molecule has 4 rings (SSSR count). The molecule has 0 bridgehead atoms. The van der Waals surface area contributed by atoms with Crippen LogP contribution in [0.5, 0.6) is 5.75 Å². The Hall–Kier alpha value is -1.59. The first kappa shape index (κ1) is 16.9. The van der Waals surface area contributed by atoms with E-state index in [1.165, 1.54) is 18.1 Å². The first-order chi connectivity index (χ1) is 11.8. The molecule has 1 aromatic rings. The van der Waals surface area contributed by atoms with Gasteiger partial charge in [0.05, 0.1) is 6.10 Å². The fourth-order valence-corrected chi connectivity index (χ4v) is 5.99. The van der Waals surface area contributed by atoms with Crippen LogP contribution in [0, 0.1) is 17.3 Å². The van der Waals surface area contributed by atoms with E-state index in [1.54, 1.807) is 6.07 Å². The second-order valence-corrected chi connectivity index (χ2v) is 8.27. The number of aryl methyl sites for hydroxylation is 1. The lowest BCUT2D eigenvalue weighted by atomic mass is 9.55. The Balaban J connectivity index is 1.70. The molecule has 0 aromatic heterocycles. The number of fused-ring (bicyclic) bond motifs is 5. The summed E-state index contributed by atoms with van der Waals surface area (Å²) in [5.41, 5.74) is 2.04. The van der Waals surface area contributed by atoms with Gasteiger partial charge in [0.1, 0.15) is 18.0 Å². The summed E-state index contributed by atoms with van der Waals surface area (Å²) in [7, 11) is 0. The van der Waals surface area contributed by atoms with Crippen molar-refractivity contribution in [2.24, 2.45) is 17.3 Å². The zero-order valence-corrected chi connectivity index (χ0v) is 14.7. The number of hydrogen-bond acceptors (Lipinski definition) is 5. The zero-order chi connectivity index (χ0) is 17.9. The van der Waals surface area contributed by atoms with Gasteiger partial charge in [0, 0.05) is 12.3 Å². The largest absolute Gasteiger partial charge is 0.508 e. The molecule has 5 nitrogen and oxygen atoms in total. The summed E-state index contributed by atoms with van der Waals surface area (Å²) in [5.74, 6) is 0.364. The molecular weight excluding hydrogens is 320 g/mol. The monoisotopic (exact) mass is 346 g/mol. The van der Waals surface area contributed by atoms with Crippen molar-refractivity contribution >= 4 is 5.97 Å². The average molecular weight is 346 g/mol. The molecule has 136 valence electrons. The summed E-state index contributed by atoms with van der Waals surface area (Å²) < 4.78 is 5.45. The number of aliphatic hydroxyl groups excluding tert-OH is 2. The summed E-state index contributed by atoms with van der Waals surface area (Å²) in [4.78, 5) is 11.5. The van der Waals surface area contributed by atoms with Gasteiger partial charge in [0.15, 0.2) is 0 Å². The molecule has 0 aliphatic heterocycles. The van der Waals surface area contributed by atoms with Crippen LogP contribution in [0.25, 0.3) is 0 Å². The molecule has 0 unspecified atom stereocenters.